The third kappa shape index (κ3) is 3.35. The Morgan fingerprint density at radius 2 is 2.10 bits per heavy atom. The van der Waals surface area contributed by atoms with Gasteiger partial charge < -0.3 is 9.88 Å². The van der Waals surface area contributed by atoms with Crippen LogP contribution in [0.3, 0.4) is 0 Å². The molecule has 0 fully saturated rings. The van der Waals surface area contributed by atoms with Crippen LogP contribution in [0.4, 0.5) is 4.39 Å². The van der Waals surface area contributed by atoms with Crippen molar-refractivity contribution >= 4 is 21.8 Å². The van der Waals surface area contributed by atoms with E-state index in [-0.39, 0.29) is 11.7 Å². The van der Waals surface area contributed by atoms with E-state index in [0.29, 0.717) is 19.4 Å². The van der Waals surface area contributed by atoms with Crippen molar-refractivity contribution < 1.29 is 9.18 Å². The maximum Gasteiger partial charge on any atom is 0.223 e. The first kappa shape index (κ1) is 14.3. The van der Waals surface area contributed by atoms with Gasteiger partial charge in [0.2, 0.25) is 5.91 Å². The topological polar surface area (TPSA) is 36.1 Å². The standard InChI is InChI=1S/C16H16BrFN2O/c17-15-9-12-10-20(8-7-14(12)19-15)16(21)6-3-11-1-4-13(18)5-2-11/h1-2,4-5,9,19H,3,6-8,10H2. The van der Waals surface area contributed by atoms with Crippen LogP contribution in [-0.2, 0) is 24.2 Å². The number of amides is 1. The highest BCUT2D eigenvalue weighted by Gasteiger charge is 2.21. The minimum Gasteiger partial charge on any atom is -0.353 e. The number of carbonyl (C=O) groups is 1. The number of hydrogen-bond donors (Lipinski definition) is 1. The molecule has 0 radical (unpaired) electrons. The Labute approximate surface area is 131 Å². The molecule has 3 rings (SSSR count). The van der Waals surface area contributed by atoms with E-state index in [9.17, 15) is 9.18 Å². The average molecular weight is 351 g/mol. The van der Waals surface area contributed by atoms with Crippen molar-refractivity contribution in [2.45, 2.75) is 25.8 Å². The Kier molecular flexibility index (Phi) is 4.10. The van der Waals surface area contributed by atoms with Crippen molar-refractivity contribution in [2.75, 3.05) is 6.54 Å². The second-order valence-corrected chi connectivity index (χ2v) is 6.17. The number of carbonyl (C=O) groups excluding carboxylic acids is 1. The van der Waals surface area contributed by atoms with Crippen LogP contribution in [-0.4, -0.2) is 22.3 Å². The maximum atomic E-state index is 12.8. The predicted octanol–water partition coefficient (Wildman–Crippen LogP) is 3.43. The van der Waals surface area contributed by atoms with Crippen LogP contribution < -0.4 is 0 Å². The molecule has 21 heavy (non-hydrogen) atoms. The molecule has 1 amide bonds. The maximum absolute atomic E-state index is 12.8. The second kappa shape index (κ2) is 6.02. The highest BCUT2D eigenvalue weighted by molar-refractivity contribution is 9.10. The highest BCUT2D eigenvalue weighted by Crippen LogP contribution is 2.23. The molecule has 1 N–H and O–H groups in total. The lowest BCUT2D eigenvalue weighted by Crippen LogP contribution is -2.35. The zero-order chi connectivity index (χ0) is 14.8. The van der Waals surface area contributed by atoms with E-state index in [1.165, 1.54) is 23.4 Å². The molecule has 2 aromatic rings. The van der Waals surface area contributed by atoms with Crippen molar-refractivity contribution in [3.05, 3.63) is 57.6 Å². The van der Waals surface area contributed by atoms with Crippen molar-refractivity contribution in [2.24, 2.45) is 0 Å². The molecule has 2 heterocycles. The predicted molar refractivity (Wildman–Crippen MR) is 82.3 cm³/mol. The Hall–Kier alpha value is -1.62. The van der Waals surface area contributed by atoms with Crippen LogP contribution >= 0.6 is 15.9 Å². The van der Waals surface area contributed by atoms with Crippen LogP contribution in [0.2, 0.25) is 0 Å². The smallest absolute Gasteiger partial charge is 0.223 e. The van der Waals surface area contributed by atoms with Crippen LogP contribution in [0.15, 0.2) is 34.9 Å². The van der Waals surface area contributed by atoms with Crippen LogP contribution in [0.25, 0.3) is 0 Å². The van der Waals surface area contributed by atoms with Gasteiger partial charge in [-0.05, 0) is 51.7 Å². The van der Waals surface area contributed by atoms with Gasteiger partial charge in [-0.3, -0.25) is 4.79 Å². The lowest BCUT2D eigenvalue weighted by Gasteiger charge is -2.27. The first-order chi connectivity index (χ1) is 10.1. The van der Waals surface area contributed by atoms with Gasteiger partial charge in [-0.15, -0.1) is 0 Å². The van der Waals surface area contributed by atoms with Gasteiger partial charge in [0, 0.05) is 31.6 Å². The van der Waals surface area contributed by atoms with Crippen LogP contribution in [0, 0.1) is 5.82 Å². The summed E-state index contributed by atoms with van der Waals surface area (Å²) in [5, 5.41) is 0. The summed E-state index contributed by atoms with van der Waals surface area (Å²) in [5.41, 5.74) is 3.39. The fourth-order valence-electron chi connectivity index (χ4n) is 2.67. The summed E-state index contributed by atoms with van der Waals surface area (Å²) in [7, 11) is 0. The average Bonchev–Trinajstić information content (AvgIpc) is 2.85. The molecule has 0 saturated heterocycles. The van der Waals surface area contributed by atoms with Gasteiger partial charge in [-0.25, -0.2) is 4.39 Å². The summed E-state index contributed by atoms with van der Waals surface area (Å²) < 4.78 is 13.8. The first-order valence-electron chi connectivity index (χ1n) is 7.00. The number of nitrogens with zero attached hydrogens (tertiary/aromatic N) is 1. The Bertz CT molecular complexity index is 651. The molecule has 3 nitrogen and oxygen atoms in total. The molecular formula is C16H16BrFN2O. The van der Waals surface area contributed by atoms with Gasteiger partial charge in [0.1, 0.15) is 5.82 Å². The number of H-pyrrole nitrogens is 1. The van der Waals surface area contributed by atoms with Gasteiger partial charge in [0.15, 0.2) is 0 Å². The lowest BCUT2D eigenvalue weighted by atomic mass is 10.1. The zero-order valence-electron chi connectivity index (χ0n) is 11.5. The number of benzene rings is 1. The number of hydrogen-bond acceptors (Lipinski definition) is 1. The third-order valence-electron chi connectivity index (χ3n) is 3.85. The van der Waals surface area contributed by atoms with Gasteiger partial charge in [-0.2, -0.15) is 0 Å². The van der Waals surface area contributed by atoms with Gasteiger partial charge in [0.05, 0.1) is 4.60 Å². The largest absolute Gasteiger partial charge is 0.353 e. The number of aromatic amines is 1. The minimum atomic E-state index is -0.244. The van der Waals surface area contributed by atoms with Gasteiger partial charge in [-0.1, -0.05) is 12.1 Å². The molecule has 5 heteroatoms. The molecule has 0 saturated carbocycles. The fourth-order valence-corrected chi connectivity index (χ4v) is 3.19. The van der Waals surface area contributed by atoms with Crippen molar-refractivity contribution in [1.82, 2.24) is 9.88 Å². The van der Waals surface area contributed by atoms with Gasteiger partial charge in [0.25, 0.3) is 0 Å². The summed E-state index contributed by atoms with van der Waals surface area (Å²) in [6, 6.07) is 8.38. The molecule has 1 aromatic carbocycles. The zero-order valence-corrected chi connectivity index (χ0v) is 13.1. The molecule has 0 spiro atoms. The lowest BCUT2D eigenvalue weighted by molar-refractivity contribution is -0.132. The van der Waals surface area contributed by atoms with E-state index < -0.39 is 0 Å². The molecule has 0 atom stereocenters. The van der Waals surface area contributed by atoms with Crippen molar-refractivity contribution in [3.8, 4) is 0 Å². The molecule has 0 unspecified atom stereocenters. The summed E-state index contributed by atoms with van der Waals surface area (Å²) in [5.74, 6) is -0.0889. The summed E-state index contributed by atoms with van der Waals surface area (Å²) in [6.07, 6.45) is 1.98. The number of rotatable bonds is 3. The van der Waals surface area contributed by atoms with E-state index in [1.54, 1.807) is 12.1 Å². The molecule has 0 aliphatic carbocycles. The monoisotopic (exact) mass is 350 g/mol. The van der Waals surface area contributed by atoms with E-state index in [2.05, 4.69) is 20.9 Å². The quantitative estimate of drug-likeness (QED) is 0.904. The molecule has 1 aliphatic heterocycles. The molecule has 1 aromatic heterocycles. The second-order valence-electron chi connectivity index (χ2n) is 5.31. The van der Waals surface area contributed by atoms with Gasteiger partial charge >= 0.3 is 0 Å². The Morgan fingerprint density at radius 3 is 2.86 bits per heavy atom. The van der Waals surface area contributed by atoms with Crippen LogP contribution in [0.5, 0.6) is 0 Å². The van der Waals surface area contributed by atoms with E-state index >= 15 is 0 Å². The SMILES string of the molecule is O=C(CCc1ccc(F)cc1)N1CCc2[nH]c(Br)cc2C1. The highest BCUT2D eigenvalue weighted by atomic mass is 79.9. The minimum absolute atomic E-state index is 0.155. The summed E-state index contributed by atoms with van der Waals surface area (Å²) >= 11 is 3.43. The number of halogens is 2. The third-order valence-corrected chi connectivity index (χ3v) is 4.27. The summed E-state index contributed by atoms with van der Waals surface area (Å²) in [4.78, 5) is 17.4. The van der Waals surface area contributed by atoms with E-state index in [0.717, 1.165) is 23.1 Å². The van der Waals surface area contributed by atoms with E-state index in [1.807, 2.05) is 11.0 Å². The fraction of sp³-hybridized carbons (Fsp3) is 0.312. The molecule has 1 aliphatic rings. The number of aromatic nitrogens is 1. The van der Waals surface area contributed by atoms with Crippen LogP contribution in [0.1, 0.15) is 23.2 Å². The molecular weight excluding hydrogens is 335 g/mol. The number of aryl methyl sites for hydroxylation is 1. The molecule has 110 valence electrons. The molecule has 0 bridgehead atoms. The van der Waals surface area contributed by atoms with E-state index in [4.69, 9.17) is 0 Å². The Balaban J connectivity index is 1.58. The Morgan fingerprint density at radius 1 is 1.33 bits per heavy atom. The number of nitrogens with one attached hydrogen (secondary N) is 1. The first-order valence-corrected chi connectivity index (χ1v) is 7.79. The number of fused-ring (bicyclic) bond motifs is 1. The van der Waals surface area contributed by atoms with Crippen molar-refractivity contribution in [1.29, 1.82) is 0 Å². The normalized spacial score (nSPS) is 14.1. The summed E-state index contributed by atoms with van der Waals surface area (Å²) in [6.45, 7) is 1.42. The van der Waals surface area contributed by atoms with Crippen molar-refractivity contribution in [3.63, 3.8) is 0 Å².